The molecule has 0 bridgehead atoms. The number of rotatable bonds is 9. The van der Waals surface area contributed by atoms with Crippen molar-refractivity contribution < 1.29 is 28.9 Å². The Morgan fingerprint density at radius 3 is 2.27 bits per heavy atom. The van der Waals surface area contributed by atoms with Gasteiger partial charge in [-0.05, 0) is 114 Å². The minimum absolute atomic E-state index is 0.112. The molecule has 3 rings (SSSR count). The maximum absolute atomic E-state index is 13.9. The summed E-state index contributed by atoms with van der Waals surface area (Å²) in [6.07, 6.45) is 2.74. The number of amides is 2. The van der Waals surface area contributed by atoms with Crippen molar-refractivity contribution in [3.05, 3.63) is 35.8 Å². The van der Waals surface area contributed by atoms with Crippen LogP contribution >= 0.6 is 0 Å². The molecule has 0 saturated heterocycles. The van der Waals surface area contributed by atoms with Gasteiger partial charge >= 0.3 is 12.2 Å². The highest BCUT2D eigenvalue weighted by molar-refractivity contribution is 5.95. The molecule has 2 aromatic heterocycles. The summed E-state index contributed by atoms with van der Waals surface area (Å²) < 4.78 is 19.2. The van der Waals surface area contributed by atoms with E-state index < -0.39 is 28.9 Å². The maximum Gasteiger partial charge on any atom is 0.420 e. The number of aromatic nitrogens is 3. The normalized spacial score (nSPS) is 18.9. The van der Waals surface area contributed by atoms with Gasteiger partial charge in [0.25, 0.3) is 0 Å². The van der Waals surface area contributed by atoms with E-state index in [0.29, 0.717) is 36.6 Å². The summed E-state index contributed by atoms with van der Waals surface area (Å²) >= 11 is 0. The van der Waals surface area contributed by atoms with E-state index in [-0.39, 0.29) is 24.2 Å². The lowest BCUT2D eigenvalue weighted by Gasteiger charge is -2.31. The molecule has 1 fully saturated rings. The van der Waals surface area contributed by atoms with Crippen LogP contribution in [0.15, 0.2) is 24.4 Å². The summed E-state index contributed by atoms with van der Waals surface area (Å²) in [5.41, 5.74) is 0.329. The minimum atomic E-state index is -0.726. The van der Waals surface area contributed by atoms with E-state index in [1.54, 1.807) is 17.2 Å². The molecular formula is C33H53N5O6. The van der Waals surface area contributed by atoms with Crippen LogP contribution in [0, 0.1) is 0 Å². The molecule has 1 saturated carbocycles. The van der Waals surface area contributed by atoms with E-state index in [9.17, 15) is 14.7 Å². The second kappa shape index (κ2) is 13.9. The van der Waals surface area contributed by atoms with Crippen LogP contribution in [0.5, 0.6) is 0 Å². The molecule has 11 nitrogen and oxygen atoms in total. The second-order valence-corrected chi connectivity index (χ2v) is 14.8. The summed E-state index contributed by atoms with van der Waals surface area (Å²) in [7, 11) is 0. The van der Waals surface area contributed by atoms with E-state index in [1.807, 2.05) is 93.0 Å². The molecule has 11 heteroatoms. The number of nitrogens with zero attached hydrogens (tertiary/aromatic N) is 4. The molecule has 2 amide bonds. The van der Waals surface area contributed by atoms with Gasteiger partial charge in [0.05, 0.1) is 34.8 Å². The van der Waals surface area contributed by atoms with Gasteiger partial charge in [-0.2, -0.15) is 5.10 Å². The number of aliphatic hydroxyl groups is 1. The van der Waals surface area contributed by atoms with Crippen molar-refractivity contribution in [1.82, 2.24) is 20.1 Å². The third-order valence-corrected chi connectivity index (χ3v) is 7.09. The highest BCUT2D eigenvalue weighted by atomic mass is 16.6. The van der Waals surface area contributed by atoms with Crippen LogP contribution in [0.3, 0.4) is 0 Å². The summed E-state index contributed by atoms with van der Waals surface area (Å²) in [4.78, 5) is 32.0. The number of pyridine rings is 1. The predicted molar refractivity (Wildman–Crippen MR) is 170 cm³/mol. The van der Waals surface area contributed by atoms with Gasteiger partial charge in [0.15, 0.2) is 0 Å². The van der Waals surface area contributed by atoms with E-state index in [1.165, 1.54) is 0 Å². The zero-order chi connectivity index (χ0) is 33.0. The molecule has 2 N–H and O–H groups in total. The second-order valence-electron chi connectivity index (χ2n) is 14.8. The predicted octanol–water partition coefficient (Wildman–Crippen LogP) is 7.12. The van der Waals surface area contributed by atoms with Gasteiger partial charge < -0.3 is 24.6 Å². The van der Waals surface area contributed by atoms with Crippen LogP contribution in [0.2, 0.25) is 0 Å². The molecule has 0 spiro atoms. The van der Waals surface area contributed by atoms with Gasteiger partial charge in [0, 0.05) is 30.8 Å². The van der Waals surface area contributed by atoms with Crippen LogP contribution in [-0.4, -0.2) is 62.0 Å². The fourth-order valence-corrected chi connectivity index (χ4v) is 4.99. The minimum Gasteiger partial charge on any atom is -0.444 e. The summed E-state index contributed by atoms with van der Waals surface area (Å²) in [6, 6.07) is 5.39. The van der Waals surface area contributed by atoms with Gasteiger partial charge in [-0.25, -0.2) is 19.2 Å². The van der Waals surface area contributed by atoms with Gasteiger partial charge in [0.2, 0.25) is 0 Å². The van der Waals surface area contributed by atoms with Crippen molar-refractivity contribution in [2.24, 2.45) is 0 Å². The Kier molecular flexibility index (Phi) is 11.1. The third kappa shape index (κ3) is 10.2. The van der Waals surface area contributed by atoms with E-state index in [2.05, 4.69) is 10.3 Å². The number of hydrogen-bond donors (Lipinski definition) is 2. The molecule has 4 atom stereocenters. The molecule has 1 aliphatic rings. The Morgan fingerprint density at radius 1 is 1.05 bits per heavy atom. The summed E-state index contributed by atoms with van der Waals surface area (Å²) in [5, 5.41) is 18.0. The number of hydrogen-bond acceptors (Lipinski definition) is 8. The lowest BCUT2D eigenvalue weighted by atomic mass is 10.0. The third-order valence-electron chi connectivity index (χ3n) is 7.09. The van der Waals surface area contributed by atoms with Crippen molar-refractivity contribution in [2.45, 2.75) is 143 Å². The van der Waals surface area contributed by atoms with Crippen molar-refractivity contribution >= 4 is 23.7 Å². The molecule has 0 radical (unpaired) electrons. The van der Waals surface area contributed by atoms with Crippen LogP contribution in [0.4, 0.5) is 21.1 Å². The summed E-state index contributed by atoms with van der Waals surface area (Å²) in [5.74, 6) is 0.692. The number of alkyl carbamates (subject to hydrolysis) is 1. The van der Waals surface area contributed by atoms with E-state index in [4.69, 9.17) is 19.3 Å². The molecular weight excluding hydrogens is 562 g/mol. The van der Waals surface area contributed by atoms with Gasteiger partial charge in [0.1, 0.15) is 17.0 Å². The first-order valence-corrected chi connectivity index (χ1v) is 15.6. The summed E-state index contributed by atoms with van der Waals surface area (Å²) in [6.45, 7) is 21.3. The molecule has 0 unspecified atom stereocenters. The molecule has 44 heavy (non-hydrogen) atoms. The molecule has 2 aromatic rings. The zero-order valence-corrected chi connectivity index (χ0v) is 28.4. The number of nitrogens with one attached hydrogen (secondary N) is 1. The molecule has 0 aromatic carbocycles. The van der Waals surface area contributed by atoms with Crippen molar-refractivity contribution in [3.63, 3.8) is 0 Å². The smallest absolute Gasteiger partial charge is 0.420 e. The number of ether oxygens (including phenoxy) is 3. The fourth-order valence-electron chi connectivity index (χ4n) is 4.99. The zero-order valence-electron chi connectivity index (χ0n) is 28.4. The standard InChI is InChI=1S/C33H53N5O6/c1-21(35-29(40)43-32(6,7)8)15-17-42-22(2)26-19-24(14-16-34-26)37(30(41)44-33(9,10)11)28-20-27(23-12-13-25(39)18-23)36-38(28)31(3,4)5/h14,16,19-23,25,39H,12-13,15,17-18H2,1-11H3,(H,35,40)/t21-,22+,23-,25+/m0/s1. The quantitative estimate of drug-likeness (QED) is 0.305. The average molecular weight is 616 g/mol. The lowest BCUT2D eigenvalue weighted by Crippen LogP contribution is -2.38. The Hall–Kier alpha value is -3.18. The Morgan fingerprint density at radius 2 is 1.70 bits per heavy atom. The first-order chi connectivity index (χ1) is 20.2. The molecule has 1 aliphatic carbocycles. The number of aliphatic hydroxyl groups excluding tert-OH is 1. The van der Waals surface area contributed by atoms with Crippen LogP contribution in [-0.2, 0) is 19.7 Å². The van der Waals surface area contributed by atoms with Crippen molar-refractivity contribution in [3.8, 4) is 0 Å². The Balaban J connectivity index is 1.87. The average Bonchev–Trinajstić information content (AvgIpc) is 3.48. The molecule has 0 aliphatic heterocycles. The van der Waals surface area contributed by atoms with Gasteiger partial charge in [-0.1, -0.05) is 0 Å². The number of carbonyl (C=O) groups is 2. The van der Waals surface area contributed by atoms with Crippen molar-refractivity contribution in [1.29, 1.82) is 0 Å². The topological polar surface area (TPSA) is 128 Å². The van der Waals surface area contributed by atoms with Crippen LogP contribution in [0.25, 0.3) is 0 Å². The Bertz CT molecular complexity index is 1270. The number of carbonyl (C=O) groups excluding carboxylic acids is 2. The Labute approximate surface area is 262 Å². The highest BCUT2D eigenvalue weighted by Gasteiger charge is 2.34. The van der Waals surface area contributed by atoms with Gasteiger partial charge in [-0.15, -0.1) is 0 Å². The molecule has 246 valence electrons. The van der Waals surface area contributed by atoms with E-state index >= 15 is 0 Å². The maximum atomic E-state index is 13.9. The highest BCUT2D eigenvalue weighted by Crippen LogP contribution is 2.39. The van der Waals surface area contributed by atoms with Gasteiger partial charge in [-0.3, -0.25) is 4.98 Å². The largest absolute Gasteiger partial charge is 0.444 e. The monoisotopic (exact) mass is 615 g/mol. The first kappa shape index (κ1) is 35.3. The lowest BCUT2D eigenvalue weighted by molar-refractivity contribution is 0.0434. The first-order valence-electron chi connectivity index (χ1n) is 15.6. The fraction of sp³-hybridized carbons (Fsp3) is 0.697. The molecule has 2 heterocycles. The number of anilines is 2. The van der Waals surface area contributed by atoms with Crippen molar-refractivity contribution in [2.75, 3.05) is 11.5 Å². The SMILES string of the molecule is C[C@@H](CCO[C@H](C)c1cc(N(C(=O)OC(C)(C)C)c2cc([C@H]3CC[C@@H](O)C3)nn2C(C)(C)C)ccn1)NC(=O)OC(C)(C)C. The van der Waals surface area contributed by atoms with E-state index in [0.717, 1.165) is 18.5 Å². The van der Waals surface area contributed by atoms with Crippen LogP contribution in [0.1, 0.15) is 125 Å². The van der Waals surface area contributed by atoms with Crippen LogP contribution < -0.4 is 10.2 Å².